The normalized spacial score (nSPS) is 18.4. The number of hydrogen-bond donors (Lipinski definition) is 2. The monoisotopic (exact) mass is 234 g/mol. The van der Waals surface area contributed by atoms with Crippen LogP contribution in [0, 0.1) is 0 Å². The van der Waals surface area contributed by atoms with Crippen LogP contribution in [0.25, 0.3) is 0 Å². The summed E-state index contributed by atoms with van der Waals surface area (Å²) in [4.78, 5) is 17.1. The highest BCUT2D eigenvalue weighted by atomic mass is 16.7. The average Bonchev–Trinajstić information content (AvgIpc) is 2.68. The quantitative estimate of drug-likeness (QED) is 0.768. The van der Waals surface area contributed by atoms with Gasteiger partial charge in [-0.1, -0.05) is 18.2 Å². The Hall–Kier alpha value is -1.55. The summed E-state index contributed by atoms with van der Waals surface area (Å²) in [5.41, 5.74) is 4.32. The molecule has 2 N–H and O–H groups in total. The average molecular weight is 234 g/mol. The molecule has 1 heterocycles. The first kappa shape index (κ1) is 11.9. The lowest BCUT2D eigenvalue weighted by Crippen LogP contribution is -2.42. The Balaban J connectivity index is 1.92. The third kappa shape index (κ3) is 2.97. The molecular formula is C13H18N2O2. The van der Waals surface area contributed by atoms with Crippen molar-refractivity contribution in [2.75, 3.05) is 5.32 Å². The van der Waals surface area contributed by atoms with Crippen LogP contribution in [-0.4, -0.2) is 17.6 Å². The number of hydrogen-bond acceptors (Lipinski definition) is 3. The molecule has 0 fully saturated rings. The standard InChI is InChI=1S/C13H18N2O2/c1-13(2,3)17-15-12(16)11-8-9-6-4-5-7-10(9)14-11/h4-7,11,14H,8H2,1-3H3,(H,15,16)/t11-/m0/s1. The van der Waals surface area contributed by atoms with Crippen LogP contribution in [0.2, 0.25) is 0 Å². The Bertz CT molecular complexity index is 399. The van der Waals surface area contributed by atoms with Crippen LogP contribution in [0.3, 0.4) is 0 Å². The fourth-order valence-corrected chi connectivity index (χ4v) is 1.73. The highest BCUT2D eigenvalue weighted by Crippen LogP contribution is 2.25. The first-order valence-electron chi connectivity index (χ1n) is 5.78. The van der Waals surface area contributed by atoms with Crippen molar-refractivity contribution in [1.82, 2.24) is 5.48 Å². The number of amides is 1. The number of carbonyl (C=O) groups excluding carboxylic acids is 1. The second-order valence-electron chi connectivity index (χ2n) is 5.24. The summed E-state index contributed by atoms with van der Waals surface area (Å²) in [7, 11) is 0. The number of rotatable bonds is 2. The Morgan fingerprint density at radius 3 is 2.76 bits per heavy atom. The molecule has 1 aliphatic heterocycles. The van der Waals surface area contributed by atoms with Gasteiger partial charge < -0.3 is 5.32 Å². The molecule has 1 amide bonds. The minimum Gasteiger partial charge on any atom is -0.373 e. The lowest BCUT2D eigenvalue weighted by molar-refractivity contribution is -0.146. The minimum atomic E-state index is -0.374. The molecule has 0 aromatic heterocycles. The van der Waals surface area contributed by atoms with Gasteiger partial charge in [-0.25, -0.2) is 5.48 Å². The Labute approximate surface area is 101 Å². The lowest BCUT2D eigenvalue weighted by Gasteiger charge is -2.20. The molecule has 0 radical (unpaired) electrons. The first-order chi connectivity index (χ1) is 7.96. The summed E-state index contributed by atoms with van der Waals surface area (Å²) in [5.74, 6) is -0.129. The van der Waals surface area contributed by atoms with E-state index in [0.717, 1.165) is 5.69 Å². The van der Waals surface area contributed by atoms with E-state index in [0.29, 0.717) is 6.42 Å². The lowest BCUT2D eigenvalue weighted by atomic mass is 10.1. The Morgan fingerprint density at radius 1 is 1.41 bits per heavy atom. The maximum Gasteiger partial charge on any atom is 0.266 e. The number of nitrogens with one attached hydrogen (secondary N) is 2. The Morgan fingerprint density at radius 2 is 2.12 bits per heavy atom. The maximum atomic E-state index is 11.9. The summed E-state index contributed by atoms with van der Waals surface area (Å²) in [6, 6.07) is 7.70. The zero-order chi connectivity index (χ0) is 12.5. The molecule has 0 bridgehead atoms. The van der Waals surface area contributed by atoms with Crippen LogP contribution in [0.5, 0.6) is 0 Å². The van der Waals surface area contributed by atoms with E-state index in [2.05, 4.69) is 10.8 Å². The van der Waals surface area contributed by atoms with Crippen molar-refractivity contribution in [3.63, 3.8) is 0 Å². The zero-order valence-electron chi connectivity index (χ0n) is 10.4. The van der Waals surface area contributed by atoms with Gasteiger partial charge in [0.05, 0.1) is 5.60 Å². The molecule has 0 spiro atoms. The maximum absolute atomic E-state index is 11.9. The van der Waals surface area contributed by atoms with E-state index in [9.17, 15) is 4.79 Å². The second-order valence-corrected chi connectivity index (χ2v) is 5.24. The van der Waals surface area contributed by atoms with E-state index >= 15 is 0 Å². The smallest absolute Gasteiger partial charge is 0.266 e. The molecule has 17 heavy (non-hydrogen) atoms. The molecule has 0 saturated heterocycles. The number of anilines is 1. The van der Waals surface area contributed by atoms with Crippen LogP contribution in [0.15, 0.2) is 24.3 Å². The molecule has 0 aliphatic carbocycles. The van der Waals surface area contributed by atoms with Crippen molar-refractivity contribution < 1.29 is 9.63 Å². The van der Waals surface area contributed by atoms with E-state index in [1.165, 1.54) is 5.56 Å². The van der Waals surface area contributed by atoms with Crippen LogP contribution in [0.4, 0.5) is 5.69 Å². The summed E-state index contributed by atoms with van der Waals surface area (Å²) >= 11 is 0. The molecule has 1 aromatic rings. The first-order valence-corrected chi connectivity index (χ1v) is 5.78. The molecule has 92 valence electrons. The van der Waals surface area contributed by atoms with Gasteiger partial charge in [0.15, 0.2) is 0 Å². The predicted molar refractivity (Wildman–Crippen MR) is 66.5 cm³/mol. The molecule has 1 atom stereocenters. The number of hydroxylamine groups is 1. The minimum absolute atomic E-state index is 0.129. The summed E-state index contributed by atoms with van der Waals surface area (Å²) < 4.78 is 0. The summed E-state index contributed by atoms with van der Waals surface area (Å²) in [6.07, 6.45) is 0.704. The number of benzene rings is 1. The van der Waals surface area contributed by atoms with Crippen LogP contribution >= 0.6 is 0 Å². The topological polar surface area (TPSA) is 50.4 Å². The van der Waals surface area contributed by atoms with Crippen LogP contribution in [0.1, 0.15) is 26.3 Å². The van der Waals surface area contributed by atoms with E-state index in [1.54, 1.807) is 0 Å². The summed E-state index contributed by atoms with van der Waals surface area (Å²) in [6.45, 7) is 5.68. The third-order valence-electron chi connectivity index (χ3n) is 2.55. The van der Waals surface area contributed by atoms with E-state index in [-0.39, 0.29) is 17.6 Å². The van der Waals surface area contributed by atoms with Gasteiger partial charge in [0, 0.05) is 12.1 Å². The van der Waals surface area contributed by atoms with Crippen molar-refractivity contribution >= 4 is 11.6 Å². The third-order valence-corrected chi connectivity index (χ3v) is 2.55. The predicted octanol–water partition coefficient (Wildman–Crippen LogP) is 1.87. The van der Waals surface area contributed by atoms with Gasteiger partial charge in [0.25, 0.3) is 5.91 Å². The molecule has 0 unspecified atom stereocenters. The second kappa shape index (κ2) is 4.37. The van der Waals surface area contributed by atoms with Crippen molar-refractivity contribution in [3.05, 3.63) is 29.8 Å². The fourth-order valence-electron chi connectivity index (χ4n) is 1.73. The van der Waals surface area contributed by atoms with Crippen LogP contribution in [-0.2, 0) is 16.1 Å². The van der Waals surface area contributed by atoms with Gasteiger partial charge in [-0.3, -0.25) is 9.63 Å². The SMILES string of the molecule is CC(C)(C)ONC(=O)[C@@H]1Cc2ccccc2N1. The molecule has 1 aromatic carbocycles. The number of carbonyl (C=O) groups is 1. The van der Waals surface area contributed by atoms with Crippen molar-refractivity contribution in [3.8, 4) is 0 Å². The van der Waals surface area contributed by atoms with Crippen molar-refractivity contribution in [1.29, 1.82) is 0 Å². The fraction of sp³-hybridized carbons (Fsp3) is 0.462. The zero-order valence-corrected chi connectivity index (χ0v) is 10.4. The van der Waals surface area contributed by atoms with Gasteiger partial charge in [-0.2, -0.15) is 0 Å². The molecule has 2 rings (SSSR count). The van der Waals surface area contributed by atoms with E-state index in [4.69, 9.17) is 4.84 Å². The van der Waals surface area contributed by atoms with Crippen LogP contribution < -0.4 is 10.8 Å². The Kier molecular flexibility index (Phi) is 3.07. The van der Waals surface area contributed by atoms with Crippen molar-refractivity contribution in [2.45, 2.75) is 38.8 Å². The van der Waals surface area contributed by atoms with E-state index in [1.807, 2.05) is 45.0 Å². The molecule has 4 heteroatoms. The van der Waals surface area contributed by atoms with Gasteiger partial charge in [0.2, 0.25) is 0 Å². The molecular weight excluding hydrogens is 216 g/mol. The molecule has 1 aliphatic rings. The largest absolute Gasteiger partial charge is 0.373 e. The van der Waals surface area contributed by atoms with Crippen molar-refractivity contribution in [2.24, 2.45) is 0 Å². The van der Waals surface area contributed by atoms with Gasteiger partial charge in [0.1, 0.15) is 6.04 Å². The highest BCUT2D eigenvalue weighted by molar-refractivity contribution is 5.86. The molecule has 0 saturated carbocycles. The van der Waals surface area contributed by atoms with Gasteiger partial charge >= 0.3 is 0 Å². The number of fused-ring (bicyclic) bond motifs is 1. The van der Waals surface area contributed by atoms with E-state index < -0.39 is 0 Å². The summed E-state index contributed by atoms with van der Waals surface area (Å²) in [5, 5.41) is 3.18. The van der Waals surface area contributed by atoms with Gasteiger partial charge in [-0.05, 0) is 32.4 Å². The van der Waals surface area contributed by atoms with Gasteiger partial charge in [-0.15, -0.1) is 0 Å². The highest BCUT2D eigenvalue weighted by Gasteiger charge is 2.27. The number of para-hydroxylation sites is 1. The molecule has 4 nitrogen and oxygen atoms in total.